The van der Waals surface area contributed by atoms with Crippen molar-refractivity contribution in [1.29, 1.82) is 5.26 Å². The Morgan fingerprint density at radius 1 is 1.22 bits per heavy atom. The molecule has 27 heavy (non-hydrogen) atoms. The Balaban J connectivity index is 1.76. The molecule has 2 aromatic rings. The minimum atomic E-state index is -0.922. The van der Waals surface area contributed by atoms with Gasteiger partial charge >= 0.3 is 0 Å². The van der Waals surface area contributed by atoms with E-state index in [4.69, 9.17) is 11.6 Å². The summed E-state index contributed by atoms with van der Waals surface area (Å²) in [6.07, 6.45) is 3.02. The fraction of sp³-hybridized carbons (Fsp3) is 0.364. The summed E-state index contributed by atoms with van der Waals surface area (Å²) in [5.74, 6) is 0.972. The number of hydrogen-bond donors (Lipinski definition) is 1. The van der Waals surface area contributed by atoms with Crippen molar-refractivity contribution in [2.75, 3.05) is 13.2 Å². The minimum absolute atomic E-state index is 0.162. The normalized spacial score (nSPS) is 19.0. The molecule has 0 radical (unpaired) electrons. The van der Waals surface area contributed by atoms with E-state index in [1.807, 2.05) is 36.4 Å². The first-order valence-corrected chi connectivity index (χ1v) is 9.68. The monoisotopic (exact) mass is 381 g/mol. The fourth-order valence-corrected chi connectivity index (χ4v) is 3.59. The predicted octanol–water partition coefficient (Wildman–Crippen LogP) is 4.56. The molecule has 3 rings (SSSR count). The second-order valence-corrected chi connectivity index (χ2v) is 7.62. The van der Waals surface area contributed by atoms with E-state index >= 15 is 0 Å². The van der Waals surface area contributed by atoms with Gasteiger partial charge < -0.3 is 10.0 Å². The molecular formula is C22H24ClN3O. The third-order valence-electron chi connectivity index (χ3n) is 4.81. The van der Waals surface area contributed by atoms with Crippen molar-refractivity contribution >= 4 is 17.4 Å². The third-order valence-corrected chi connectivity index (χ3v) is 5.13. The molecule has 140 valence electrons. The molecule has 2 aromatic carbocycles. The van der Waals surface area contributed by atoms with Gasteiger partial charge in [0.25, 0.3) is 0 Å². The van der Waals surface area contributed by atoms with E-state index in [9.17, 15) is 10.4 Å². The number of rotatable bonds is 7. The van der Waals surface area contributed by atoms with Crippen LogP contribution in [-0.2, 0) is 6.54 Å². The van der Waals surface area contributed by atoms with Crippen LogP contribution in [0.4, 0.5) is 0 Å². The lowest BCUT2D eigenvalue weighted by molar-refractivity contribution is 0.234. The Morgan fingerprint density at radius 3 is 2.63 bits per heavy atom. The van der Waals surface area contributed by atoms with Gasteiger partial charge in [0.2, 0.25) is 0 Å². The Morgan fingerprint density at radius 2 is 1.96 bits per heavy atom. The van der Waals surface area contributed by atoms with E-state index < -0.39 is 5.00 Å². The molecule has 1 N–H and O–H groups in total. The Kier molecular flexibility index (Phi) is 6.15. The van der Waals surface area contributed by atoms with Gasteiger partial charge in [-0.1, -0.05) is 67.4 Å². The molecule has 4 nitrogen and oxygen atoms in total. The zero-order valence-electron chi connectivity index (χ0n) is 15.5. The number of halogens is 1. The number of aliphatic imine (C=N–C) groups is 1. The average Bonchev–Trinajstić information content (AvgIpc) is 3.03. The van der Waals surface area contributed by atoms with Crippen molar-refractivity contribution in [2.24, 2.45) is 4.99 Å². The molecule has 0 aromatic heterocycles. The van der Waals surface area contributed by atoms with Crippen molar-refractivity contribution in [3.63, 3.8) is 0 Å². The van der Waals surface area contributed by atoms with Gasteiger partial charge in [0, 0.05) is 13.0 Å². The van der Waals surface area contributed by atoms with Gasteiger partial charge in [0.15, 0.2) is 5.00 Å². The maximum Gasteiger partial charge on any atom is 0.176 e. The van der Waals surface area contributed by atoms with Crippen LogP contribution in [0.5, 0.6) is 0 Å². The summed E-state index contributed by atoms with van der Waals surface area (Å²) in [5, 5.41) is 18.9. The second-order valence-electron chi connectivity index (χ2n) is 6.92. The van der Waals surface area contributed by atoms with Crippen molar-refractivity contribution in [3.05, 3.63) is 59.7 Å². The highest BCUT2D eigenvalue weighted by atomic mass is 35.5. The van der Waals surface area contributed by atoms with Crippen LogP contribution in [0.2, 0.25) is 0 Å². The van der Waals surface area contributed by atoms with Crippen molar-refractivity contribution in [1.82, 2.24) is 4.90 Å². The summed E-state index contributed by atoms with van der Waals surface area (Å²) >= 11 is 6.42. The van der Waals surface area contributed by atoms with E-state index in [0.29, 0.717) is 18.7 Å². The fourth-order valence-electron chi connectivity index (χ4n) is 3.34. The highest BCUT2D eigenvalue weighted by Gasteiger charge is 2.36. The molecule has 1 heterocycles. The maximum atomic E-state index is 9.57. The second kappa shape index (κ2) is 8.56. The lowest BCUT2D eigenvalue weighted by atomic mass is 9.99. The topological polar surface area (TPSA) is 59.6 Å². The number of hydrogen-bond acceptors (Lipinski definition) is 4. The van der Waals surface area contributed by atoms with Gasteiger partial charge in [-0.3, -0.25) is 0 Å². The van der Waals surface area contributed by atoms with Crippen molar-refractivity contribution in [3.8, 4) is 17.2 Å². The summed E-state index contributed by atoms with van der Waals surface area (Å²) in [5.41, 5.74) is 3.79. The summed E-state index contributed by atoms with van der Waals surface area (Å²) in [4.78, 5) is 5.81. The van der Waals surface area contributed by atoms with Crippen LogP contribution < -0.4 is 0 Å². The van der Waals surface area contributed by atoms with Crippen LogP contribution in [0.1, 0.15) is 37.3 Å². The molecule has 0 fully saturated rings. The molecule has 1 aliphatic heterocycles. The molecule has 1 aliphatic rings. The Bertz CT molecular complexity index is 857. The summed E-state index contributed by atoms with van der Waals surface area (Å²) in [7, 11) is 0. The van der Waals surface area contributed by atoms with E-state index in [2.05, 4.69) is 35.0 Å². The first kappa shape index (κ1) is 19.4. The molecule has 0 spiro atoms. The molecule has 0 bridgehead atoms. The molecule has 5 heteroatoms. The van der Waals surface area contributed by atoms with E-state index in [1.54, 1.807) is 0 Å². The predicted molar refractivity (Wildman–Crippen MR) is 110 cm³/mol. The molecule has 1 atom stereocenters. The number of benzene rings is 2. The SMILES string of the molecule is CCCCC1=NC(Cl)(CO)CN1Cc1ccc(-c2ccccc2C#N)cc1. The Labute approximate surface area is 165 Å². The lowest BCUT2D eigenvalue weighted by Gasteiger charge is -2.23. The van der Waals surface area contributed by atoms with Crippen LogP contribution in [0, 0.1) is 11.3 Å². The molecule has 1 unspecified atom stereocenters. The Hall–Kier alpha value is -2.35. The summed E-state index contributed by atoms with van der Waals surface area (Å²) in [6, 6.07) is 18.1. The zero-order chi connectivity index (χ0) is 19.3. The standard InChI is InChI=1S/C22H24ClN3O/c1-2-3-8-21-25-22(23,16-27)15-26(21)14-17-9-11-18(12-10-17)20-7-5-4-6-19(20)13-24/h4-7,9-12,27H,2-3,8,14-16H2,1H3. The number of nitrogens with zero attached hydrogens (tertiary/aromatic N) is 3. The average molecular weight is 382 g/mol. The minimum Gasteiger partial charge on any atom is -0.392 e. The summed E-state index contributed by atoms with van der Waals surface area (Å²) in [6.45, 7) is 3.21. The maximum absolute atomic E-state index is 9.57. The van der Waals surface area contributed by atoms with Gasteiger partial charge in [-0.2, -0.15) is 5.26 Å². The number of alkyl halides is 1. The van der Waals surface area contributed by atoms with Gasteiger partial charge in [-0.05, 0) is 29.2 Å². The van der Waals surface area contributed by atoms with Crippen LogP contribution in [0.25, 0.3) is 11.1 Å². The number of amidine groups is 1. The highest BCUT2D eigenvalue weighted by Crippen LogP contribution is 2.29. The van der Waals surface area contributed by atoms with Gasteiger partial charge in [-0.15, -0.1) is 0 Å². The van der Waals surface area contributed by atoms with Crippen LogP contribution in [-0.4, -0.2) is 34.0 Å². The van der Waals surface area contributed by atoms with E-state index in [-0.39, 0.29) is 6.61 Å². The molecular weight excluding hydrogens is 358 g/mol. The number of aliphatic hydroxyl groups excluding tert-OH is 1. The van der Waals surface area contributed by atoms with Gasteiger partial charge in [0.05, 0.1) is 24.8 Å². The first-order valence-electron chi connectivity index (χ1n) is 9.30. The smallest absolute Gasteiger partial charge is 0.176 e. The van der Waals surface area contributed by atoms with Crippen LogP contribution in [0.15, 0.2) is 53.5 Å². The van der Waals surface area contributed by atoms with Crippen molar-refractivity contribution in [2.45, 2.75) is 37.7 Å². The third kappa shape index (κ3) is 4.50. The molecule has 0 saturated heterocycles. The van der Waals surface area contributed by atoms with Gasteiger partial charge in [0.1, 0.15) is 5.84 Å². The number of nitriles is 1. The molecule has 0 amide bonds. The number of unbranched alkanes of at least 4 members (excludes halogenated alkanes) is 1. The van der Waals surface area contributed by atoms with Crippen molar-refractivity contribution < 1.29 is 5.11 Å². The van der Waals surface area contributed by atoms with Crippen LogP contribution >= 0.6 is 11.6 Å². The molecule has 0 saturated carbocycles. The summed E-state index contributed by atoms with van der Waals surface area (Å²) < 4.78 is 0. The first-order chi connectivity index (χ1) is 13.1. The lowest BCUT2D eigenvalue weighted by Crippen LogP contribution is -2.34. The highest BCUT2D eigenvalue weighted by molar-refractivity contribution is 6.25. The number of aliphatic hydroxyl groups is 1. The largest absolute Gasteiger partial charge is 0.392 e. The van der Waals surface area contributed by atoms with Crippen LogP contribution in [0.3, 0.4) is 0 Å². The van der Waals surface area contributed by atoms with E-state index in [1.165, 1.54) is 0 Å². The van der Waals surface area contributed by atoms with E-state index in [0.717, 1.165) is 41.8 Å². The zero-order valence-corrected chi connectivity index (χ0v) is 16.3. The molecule has 0 aliphatic carbocycles. The van der Waals surface area contributed by atoms with Gasteiger partial charge in [-0.25, -0.2) is 4.99 Å². The quantitative estimate of drug-likeness (QED) is 0.565.